The number of ether oxygens (including phenoxy) is 1. The lowest BCUT2D eigenvalue weighted by molar-refractivity contribution is -0.134. The van der Waals surface area contributed by atoms with Crippen molar-refractivity contribution in [2.75, 3.05) is 13.7 Å². The molecule has 1 aliphatic heterocycles. The molecule has 0 bridgehead atoms. The molecular weight excluding hydrogens is 252 g/mol. The van der Waals surface area contributed by atoms with Crippen LogP contribution in [0, 0.1) is 0 Å². The Morgan fingerprint density at radius 2 is 2.10 bits per heavy atom. The third-order valence-corrected chi connectivity index (χ3v) is 4.02. The van der Waals surface area contributed by atoms with Gasteiger partial charge in [0.25, 0.3) is 0 Å². The van der Waals surface area contributed by atoms with Crippen LogP contribution in [-0.2, 0) is 11.2 Å². The summed E-state index contributed by atoms with van der Waals surface area (Å²) < 4.78 is 5.13. The Labute approximate surface area is 120 Å². The summed E-state index contributed by atoms with van der Waals surface area (Å²) in [5.41, 5.74) is 7.10. The molecule has 1 aromatic carbocycles. The lowest BCUT2D eigenvalue weighted by Crippen LogP contribution is -2.48. The quantitative estimate of drug-likeness (QED) is 0.914. The lowest BCUT2D eigenvalue weighted by Gasteiger charge is -2.36. The van der Waals surface area contributed by atoms with Gasteiger partial charge in [0.05, 0.1) is 7.11 Å². The van der Waals surface area contributed by atoms with Crippen LogP contribution in [0.25, 0.3) is 0 Å². The molecule has 0 spiro atoms. The van der Waals surface area contributed by atoms with Crippen LogP contribution in [0.15, 0.2) is 24.3 Å². The van der Waals surface area contributed by atoms with E-state index < -0.39 is 0 Å². The Morgan fingerprint density at radius 1 is 1.40 bits per heavy atom. The fourth-order valence-corrected chi connectivity index (χ4v) is 2.77. The van der Waals surface area contributed by atoms with Crippen molar-refractivity contribution in [3.05, 3.63) is 29.8 Å². The van der Waals surface area contributed by atoms with E-state index in [1.807, 2.05) is 29.2 Å². The zero-order valence-electron chi connectivity index (χ0n) is 12.3. The number of hydrogen-bond donors (Lipinski definition) is 1. The van der Waals surface area contributed by atoms with Crippen LogP contribution in [0.5, 0.6) is 5.75 Å². The molecule has 0 radical (unpaired) electrons. The number of benzene rings is 1. The fraction of sp³-hybridized carbons (Fsp3) is 0.562. The smallest absolute Gasteiger partial charge is 0.223 e. The van der Waals surface area contributed by atoms with Crippen molar-refractivity contribution in [2.45, 2.75) is 44.7 Å². The fourth-order valence-electron chi connectivity index (χ4n) is 2.77. The Morgan fingerprint density at radius 3 is 2.70 bits per heavy atom. The molecule has 1 aromatic rings. The molecule has 2 atom stereocenters. The van der Waals surface area contributed by atoms with Gasteiger partial charge in [-0.25, -0.2) is 0 Å². The number of rotatable bonds is 4. The van der Waals surface area contributed by atoms with Gasteiger partial charge in [0, 0.05) is 25.0 Å². The first-order valence-electron chi connectivity index (χ1n) is 7.28. The maximum absolute atomic E-state index is 12.3. The molecule has 20 heavy (non-hydrogen) atoms. The van der Waals surface area contributed by atoms with Crippen molar-refractivity contribution < 1.29 is 9.53 Å². The summed E-state index contributed by atoms with van der Waals surface area (Å²) in [7, 11) is 1.65. The van der Waals surface area contributed by atoms with Crippen LogP contribution in [-0.4, -0.2) is 36.5 Å². The summed E-state index contributed by atoms with van der Waals surface area (Å²) >= 11 is 0. The van der Waals surface area contributed by atoms with Crippen LogP contribution in [0.3, 0.4) is 0 Å². The van der Waals surface area contributed by atoms with E-state index in [0.717, 1.165) is 31.6 Å². The van der Waals surface area contributed by atoms with Crippen molar-refractivity contribution in [3.63, 3.8) is 0 Å². The van der Waals surface area contributed by atoms with Gasteiger partial charge in [-0.1, -0.05) is 12.1 Å². The number of methoxy groups -OCH3 is 1. The molecule has 110 valence electrons. The van der Waals surface area contributed by atoms with Gasteiger partial charge in [-0.3, -0.25) is 4.79 Å². The van der Waals surface area contributed by atoms with Crippen LogP contribution < -0.4 is 10.5 Å². The molecule has 1 saturated heterocycles. The second-order valence-corrected chi connectivity index (χ2v) is 5.57. The molecule has 4 heteroatoms. The molecular formula is C16H24N2O2. The monoisotopic (exact) mass is 276 g/mol. The average Bonchev–Trinajstić information content (AvgIpc) is 2.45. The first kappa shape index (κ1) is 14.9. The SMILES string of the molecule is COc1ccc(CCC(=O)N2CCC(N)CC2C)cc1. The summed E-state index contributed by atoms with van der Waals surface area (Å²) in [6.45, 7) is 2.88. The largest absolute Gasteiger partial charge is 0.497 e. The zero-order chi connectivity index (χ0) is 14.5. The minimum atomic E-state index is 0.236. The van der Waals surface area contributed by atoms with E-state index in [9.17, 15) is 4.79 Å². The van der Waals surface area contributed by atoms with Gasteiger partial charge in [0.1, 0.15) is 5.75 Å². The third-order valence-electron chi connectivity index (χ3n) is 4.02. The van der Waals surface area contributed by atoms with Gasteiger partial charge in [-0.15, -0.1) is 0 Å². The summed E-state index contributed by atoms with van der Waals surface area (Å²) in [5, 5.41) is 0. The second-order valence-electron chi connectivity index (χ2n) is 5.57. The van der Waals surface area contributed by atoms with Crippen molar-refractivity contribution >= 4 is 5.91 Å². The number of amides is 1. The van der Waals surface area contributed by atoms with Gasteiger partial charge >= 0.3 is 0 Å². The average molecular weight is 276 g/mol. The van der Waals surface area contributed by atoms with Crippen molar-refractivity contribution in [3.8, 4) is 5.75 Å². The van der Waals surface area contributed by atoms with Gasteiger partial charge in [0.15, 0.2) is 0 Å². The number of carbonyl (C=O) groups is 1. The first-order valence-corrected chi connectivity index (χ1v) is 7.28. The molecule has 0 saturated carbocycles. The Balaban J connectivity index is 1.85. The van der Waals surface area contributed by atoms with E-state index in [1.54, 1.807) is 7.11 Å². The molecule has 0 aliphatic carbocycles. The molecule has 1 amide bonds. The number of piperidine rings is 1. The number of hydrogen-bond acceptors (Lipinski definition) is 3. The van der Waals surface area contributed by atoms with Crippen LogP contribution in [0.1, 0.15) is 31.7 Å². The molecule has 0 aromatic heterocycles. The maximum Gasteiger partial charge on any atom is 0.223 e. The van der Waals surface area contributed by atoms with E-state index in [2.05, 4.69) is 6.92 Å². The Bertz CT molecular complexity index is 444. The van der Waals surface area contributed by atoms with Crippen LogP contribution >= 0.6 is 0 Å². The predicted octanol–water partition coefficient (Wildman–Crippen LogP) is 1.97. The van der Waals surface area contributed by atoms with Gasteiger partial charge in [0.2, 0.25) is 5.91 Å². The van der Waals surface area contributed by atoms with Crippen molar-refractivity contribution in [2.24, 2.45) is 5.73 Å². The summed E-state index contributed by atoms with van der Waals surface area (Å²) in [5.74, 6) is 1.08. The molecule has 4 nitrogen and oxygen atoms in total. The number of nitrogens with two attached hydrogens (primary N) is 1. The molecule has 1 heterocycles. The highest BCUT2D eigenvalue weighted by molar-refractivity contribution is 5.76. The van der Waals surface area contributed by atoms with E-state index in [4.69, 9.17) is 10.5 Å². The van der Waals surface area contributed by atoms with Crippen LogP contribution in [0.4, 0.5) is 0 Å². The zero-order valence-corrected chi connectivity index (χ0v) is 12.3. The molecule has 2 N–H and O–H groups in total. The number of nitrogens with zero attached hydrogens (tertiary/aromatic N) is 1. The Hall–Kier alpha value is -1.55. The Kier molecular flexibility index (Phi) is 5.01. The van der Waals surface area contributed by atoms with Crippen molar-refractivity contribution in [1.82, 2.24) is 4.90 Å². The first-order chi connectivity index (χ1) is 9.60. The molecule has 1 fully saturated rings. The molecule has 2 rings (SSSR count). The molecule has 1 aliphatic rings. The second kappa shape index (κ2) is 6.75. The highest BCUT2D eigenvalue weighted by Crippen LogP contribution is 2.18. The normalized spacial score (nSPS) is 22.6. The minimum absolute atomic E-state index is 0.236. The van der Waals surface area contributed by atoms with E-state index in [1.165, 1.54) is 5.56 Å². The van der Waals surface area contributed by atoms with E-state index in [0.29, 0.717) is 6.42 Å². The highest BCUT2D eigenvalue weighted by Gasteiger charge is 2.26. The summed E-state index contributed by atoms with van der Waals surface area (Å²) in [4.78, 5) is 14.3. The predicted molar refractivity (Wildman–Crippen MR) is 79.7 cm³/mol. The van der Waals surface area contributed by atoms with Gasteiger partial charge < -0.3 is 15.4 Å². The summed E-state index contributed by atoms with van der Waals surface area (Å²) in [6.07, 6.45) is 3.16. The van der Waals surface area contributed by atoms with Gasteiger partial charge in [-0.2, -0.15) is 0 Å². The topological polar surface area (TPSA) is 55.6 Å². The minimum Gasteiger partial charge on any atom is -0.497 e. The number of carbonyl (C=O) groups excluding carboxylic acids is 1. The third kappa shape index (κ3) is 3.73. The highest BCUT2D eigenvalue weighted by atomic mass is 16.5. The standard InChI is InChI=1S/C16H24N2O2/c1-12-11-14(17)9-10-18(12)16(19)8-5-13-3-6-15(20-2)7-4-13/h3-4,6-7,12,14H,5,8-11,17H2,1-2H3. The lowest BCUT2D eigenvalue weighted by atomic mass is 9.98. The van der Waals surface area contributed by atoms with Crippen LogP contribution in [0.2, 0.25) is 0 Å². The molecule has 2 unspecified atom stereocenters. The maximum atomic E-state index is 12.3. The summed E-state index contributed by atoms with van der Waals surface area (Å²) in [6, 6.07) is 8.41. The van der Waals surface area contributed by atoms with Gasteiger partial charge in [-0.05, 0) is 43.9 Å². The van der Waals surface area contributed by atoms with E-state index in [-0.39, 0.29) is 18.0 Å². The number of aryl methyl sites for hydroxylation is 1. The number of likely N-dealkylation sites (tertiary alicyclic amines) is 1. The van der Waals surface area contributed by atoms with Crippen molar-refractivity contribution in [1.29, 1.82) is 0 Å². The van der Waals surface area contributed by atoms with E-state index >= 15 is 0 Å².